The Morgan fingerprint density at radius 1 is 1.26 bits per heavy atom. The number of aryl methyl sites for hydroxylation is 1. The Bertz CT molecular complexity index is 726. The summed E-state index contributed by atoms with van der Waals surface area (Å²) >= 11 is 0. The second-order valence-electron chi connectivity index (χ2n) is 6.24. The van der Waals surface area contributed by atoms with Crippen LogP contribution in [0.25, 0.3) is 0 Å². The van der Waals surface area contributed by atoms with Crippen molar-refractivity contribution in [3.05, 3.63) is 34.9 Å². The summed E-state index contributed by atoms with van der Waals surface area (Å²) in [5.41, 5.74) is 1.12. The van der Waals surface area contributed by atoms with E-state index in [1.54, 1.807) is 17.9 Å². The second kappa shape index (κ2) is 6.70. The van der Waals surface area contributed by atoms with Gasteiger partial charge in [0, 0.05) is 24.9 Å². The van der Waals surface area contributed by atoms with Gasteiger partial charge in [0.1, 0.15) is 9.84 Å². The Kier molecular flexibility index (Phi) is 5.09. The van der Waals surface area contributed by atoms with Gasteiger partial charge in [-0.1, -0.05) is 0 Å². The summed E-state index contributed by atoms with van der Waals surface area (Å²) in [4.78, 5) is 25.4. The number of carboxylic acid groups (broad SMARTS) is 1. The number of sulfone groups is 1. The zero-order chi connectivity index (χ0) is 17.2. The fraction of sp³-hybridized carbons (Fsp3) is 0.500. The van der Waals surface area contributed by atoms with E-state index < -0.39 is 15.8 Å². The third kappa shape index (κ3) is 4.79. The maximum atomic E-state index is 12.6. The van der Waals surface area contributed by atoms with E-state index in [-0.39, 0.29) is 23.1 Å². The molecule has 7 heteroatoms. The second-order valence-corrected chi connectivity index (χ2v) is 8.43. The van der Waals surface area contributed by atoms with E-state index in [4.69, 9.17) is 5.11 Å². The number of benzene rings is 1. The monoisotopic (exact) mass is 339 g/mol. The summed E-state index contributed by atoms with van der Waals surface area (Å²) in [5.74, 6) is -1.30. The van der Waals surface area contributed by atoms with Crippen molar-refractivity contribution < 1.29 is 23.1 Å². The third-order valence-corrected chi connectivity index (χ3v) is 4.99. The molecule has 1 aromatic carbocycles. The van der Waals surface area contributed by atoms with E-state index in [2.05, 4.69) is 0 Å². The van der Waals surface area contributed by atoms with E-state index in [1.807, 2.05) is 0 Å². The lowest BCUT2D eigenvalue weighted by molar-refractivity contribution is 0.0684. The van der Waals surface area contributed by atoms with Crippen molar-refractivity contribution in [2.45, 2.75) is 19.8 Å². The topological polar surface area (TPSA) is 91.8 Å². The molecule has 0 bridgehead atoms. The van der Waals surface area contributed by atoms with E-state index in [1.165, 1.54) is 18.4 Å². The van der Waals surface area contributed by atoms with E-state index >= 15 is 0 Å². The van der Waals surface area contributed by atoms with Gasteiger partial charge in [-0.25, -0.2) is 13.2 Å². The summed E-state index contributed by atoms with van der Waals surface area (Å²) in [6.07, 6.45) is 2.74. The average molecular weight is 339 g/mol. The van der Waals surface area contributed by atoms with E-state index in [0.29, 0.717) is 24.2 Å². The molecule has 0 aromatic heterocycles. The van der Waals surface area contributed by atoms with Crippen LogP contribution in [0.5, 0.6) is 0 Å². The van der Waals surface area contributed by atoms with Gasteiger partial charge in [-0.05, 0) is 49.4 Å². The average Bonchev–Trinajstić information content (AvgIpc) is 2.44. The van der Waals surface area contributed by atoms with Gasteiger partial charge < -0.3 is 10.0 Å². The predicted molar refractivity (Wildman–Crippen MR) is 86.5 cm³/mol. The molecule has 6 nitrogen and oxygen atoms in total. The molecule has 1 amide bonds. The quantitative estimate of drug-likeness (QED) is 0.899. The van der Waals surface area contributed by atoms with Crippen LogP contribution in [0.3, 0.4) is 0 Å². The molecule has 1 aliphatic rings. The van der Waals surface area contributed by atoms with Crippen LogP contribution in [0.1, 0.15) is 39.1 Å². The minimum Gasteiger partial charge on any atom is -0.478 e. The number of rotatable bonds is 4. The lowest BCUT2D eigenvalue weighted by atomic mass is 9.98. The molecule has 1 atom stereocenters. The number of hydrogen-bond acceptors (Lipinski definition) is 4. The summed E-state index contributed by atoms with van der Waals surface area (Å²) in [6, 6.07) is 4.55. The van der Waals surface area contributed by atoms with Gasteiger partial charge >= 0.3 is 5.97 Å². The molecule has 1 aliphatic heterocycles. The zero-order valence-electron chi connectivity index (χ0n) is 13.3. The standard InChI is InChI=1S/C16H21NO5S/c1-11-6-13(8-14(7-11)16(19)20)15(18)17-5-3-4-12(9-17)10-23(2,21)22/h6-8,12H,3-5,9-10H2,1-2H3,(H,19,20). The number of likely N-dealkylation sites (tertiary alicyclic amines) is 1. The van der Waals surface area contributed by atoms with Crippen molar-refractivity contribution in [3.8, 4) is 0 Å². The molecule has 1 N–H and O–H groups in total. The number of carbonyl (C=O) groups is 2. The van der Waals surface area contributed by atoms with Crippen molar-refractivity contribution in [2.24, 2.45) is 5.92 Å². The molecule has 23 heavy (non-hydrogen) atoms. The fourth-order valence-electron chi connectivity index (χ4n) is 3.03. The number of carbonyl (C=O) groups excluding carboxylic acids is 1. The SMILES string of the molecule is Cc1cc(C(=O)O)cc(C(=O)N2CCCC(CS(C)(=O)=O)C2)c1. The van der Waals surface area contributed by atoms with E-state index in [9.17, 15) is 18.0 Å². The highest BCUT2D eigenvalue weighted by atomic mass is 32.2. The molecule has 1 heterocycles. The Morgan fingerprint density at radius 3 is 2.52 bits per heavy atom. The number of piperidine rings is 1. The molecule has 1 unspecified atom stereocenters. The van der Waals surface area contributed by atoms with Crippen LogP contribution in [-0.2, 0) is 9.84 Å². The lowest BCUT2D eigenvalue weighted by Crippen LogP contribution is -2.41. The van der Waals surface area contributed by atoms with Gasteiger partial charge in [0.25, 0.3) is 5.91 Å². The van der Waals surface area contributed by atoms with Gasteiger partial charge in [0.15, 0.2) is 0 Å². The minimum absolute atomic E-state index is 0.0635. The minimum atomic E-state index is -3.08. The van der Waals surface area contributed by atoms with Gasteiger partial charge in [0.05, 0.1) is 11.3 Å². The van der Waals surface area contributed by atoms with Crippen molar-refractivity contribution in [2.75, 3.05) is 25.1 Å². The Labute approximate surface area is 136 Å². The molecular formula is C16H21NO5S. The Balaban J connectivity index is 2.18. The van der Waals surface area contributed by atoms with E-state index in [0.717, 1.165) is 12.8 Å². The molecule has 0 radical (unpaired) electrons. The number of nitrogens with zero attached hydrogens (tertiary/aromatic N) is 1. The van der Waals surface area contributed by atoms with Crippen LogP contribution in [0.2, 0.25) is 0 Å². The molecule has 1 aromatic rings. The van der Waals surface area contributed by atoms with Crippen LogP contribution in [0.4, 0.5) is 0 Å². The number of carboxylic acids is 1. The molecule has 126 valence electrons. The summed E-state index contributed by atoms with van der Waals surface area (Å²) in [5, 5.41) is 9.10. The normalized spacial score (nSPS) is 18.7. The van der Waals surface area contributed by atoms with Crippen molar-refractivity contribution in [1.82, 2.24) is 4.90 Å². The largest absolute Gasteiger partial charge is 0.478 e. The highest BCUT2D eigenvalue weighted by Crippen LogP contribution is 2.21. The number of hydrogen-bond donors (Lipinski definition) is 1. The van der Waals surface area contributed by atoms with Crippen LogP contribution in [0.15, 0.2) is 18.2 Å². The first-order chi connectivity index (χ1) is 10.7. The Hall–Kier alpha value is -1.89. The fourth-order valence-corrected chi connectivity index (χ4v) is 4.15. The van der Waals surface area contributed by atoms with Gasteiger partial charge in [-0.2, -0.15) is 0 Å². The smallest absolute Gasteiger partial charge is 0.335 e. The third-order valence-electron chi connectivity index (χ3n) is 3.92. The van der Waals surface area contributed by atoms with Gasteiger partial charge in [-0.3, -0.25) is 4.79 Å². The van der Waals surface area contributed by atoms with Crippen molar-refractivity contribution in [1.29, 1.82) is 0 Å². The molecule has 0 saturated carbocycles. The van der Waals surface area contributed by atoms with Crippen molar-refractivity contribution in [3.63, 3.8) is 0 Å². The Morgan fingerprint density at radius 2 is 1.91 bits per heavy atom. The zero-order valence-corrected chi connectivity index (χ0v) is 14.1. The lowest BCUT2D eigenvalue weighted by Gasteiger charge is -2.32. The van der Waals surface area contributed by atoms with Gasteiger partial charge in [0.2, 0.25) is 0 Å². The van der Waals surface area contributed by atoms with Crippen LogP contribution in [0, 0.1) is 12.8 Å². The predicted octanol–water partition coefficient (Wildman–Crippen LogP) is 1.59. The molecule has 0 aliphatic carbocycles. The first-order valence-corrected chi connectivity index (χ1v) is 9.54. The highest BCUT2D eigenvalue weighted by Gasteiger charge is 2.27. The van der Waals surface area contributed by atoms with Crippen LogP contribution >= 0.6 is 0 Å². The summed E-state index contributed by atoms with van der Waals surface area (Å²) in [7, 11) is -3.08. The number of amides is 1. The first-order valence-electron chi connectivity index (χ1n) is 7.47. The van der Waals surface area contributed by atoms with Crippen molar-refractivity contribution >= 4 is 21.7 Å². The molecule has 1 fully saturated rings. The molecule has 1 saturated heterocycles. The molecular weight excluding hydrogens is 318 g/mol. The first kappa shape index (κ1) is 17.5. The maximum Gasteiger partial charge on any atom is 0.335 e. The van der Waals surface area contributed by atoms with Crippen LogP contribution in [-0.4, -0.2) is 55.4 Å². The number of aromatic carboxylic acids is 1. The highest BCUT2D eigenvalue weighted by molar-refractivity contribution is 7.90. The molecule has 0 spiro atoms. The summed E-state index contributed by atoms with van der Waals surface area (Å²) < 4.78 is 22.9. The maximum absolute atomic E-state index is 12.6. The van der Waals surface area contributed by atoms with Gasteiger partial charge in [-0.15, -0.1) is 0 Å². The molecule has 2 rings (SSSR count). The summed E-state index contributed by atoms with van der Waals surface area (Å²) in [6.45, 7) is 2.70. The van der Waals surface area contributed by atoms with Crippen LogP contribution < -0.4 is 0 Å².